The first-order valence-corrected chi connectivity index (χ1v) is 5.71. The van der Waals surface area contributed by atoms with Crippen molar-refractivity contribution in [2.75, 3.05) is 20.6 Å². The number of fused-ring (bicyclic) bond motifs is 1. The van der Waals surface area contributed by atoms with E-state index >= 15 is 0 Å². The molecule has 0 fully saturated rings. The maximum Gasteiger partial charge on any atom is 0.212 e. The van der Waals surface area contributed by atoms with Crippen molar-refractivity contribution in [1.29, 1.82) is 0 Å². The molecule has 0 atom stereocenters. The maximum atomic E-state index is 2.32. The third kappa shape index (κ3) is 2.22. The number of likely N-dealkylation sites (N-methyl/N-ethyl adjacent to an activating group) is 1. The van der Waals surface area contributed by atoms with Crippen molar-refractivity contribution < 1.29 is 4.57 Å². The van der Waals surface area contributed by atoms with Crippen LogP contribution in [0.2, 0.25) is 0 Å². The van der Waals surface area contributed by atoms with Gasteiger partial charge in [0.1, 0.15) is 0 Å². The van der Waals surface area contributed by atoms with Crippen LogP contribution in [0.15, 0.2) is 36.5 Å². The van der Waals surface area contributed by atoms with Crippen molar-refractivity contribution in [1.82, 2.24) is 4.90 Å². The lowest BCUT2D eigenvalue weighted by Gasteiger charge is -2.08. The predicted molar refractivity (Wildman–Crippen MR) is 67.4 cm³/mol. The van der Waals surface area contributed by atoms with Crippen molar-refractivity contribution in [3.8, 4) is 0 Å². The topological polar surface area (TPSA) is 7.12 Å². The van der Waals surface area contributed by atoms with E-state index in [2.05, 4.69) is 67.0 Å². The number of para-hydroxylation sites is 1. The van der Waals surface area contributed by atoms with Crippen molar-refractivity contribution in [2.24, 2.45) is 0 Å². The standard InChI is InChI=1S/C14H19N2/c1-12-8-9-16(11-10-15(2)3)14-7-5-4-6-13(12)14/h4-9H,10-11H2,1-3H3/q+1. The summed E-state index contributed by atoms with van der Waals surface area (Å²) in [5, 5.41) is 1.35. The number of rotatable bonds is 3. The van der Waals surface area contributed by atoms with Crippen LogP contribution >= 0.6 is 0 Å². The Morgan fingerprint density at radius 3 is 2.62 bits per heavy atom. The molecule has 0 aliphatic carbocycles. The number of aromatic nitrogens is 1. The molecule has 0 bridgehead atoms. The molecular formula is C14H19N2+. The molecule has 2 nitrogen and oxygen atoms in total. The van der Waals surface area contributed by atoms with Gasteiger partial charge in [0.05, 0.1) is 6.54 Å². The van der Waals surface area contributed by atoms with Gasteiger partial charge in [-0.25, -0.2) is 0 Å². The zero-order valence-electron chi connectivity index (χ0n) is 10.3. The molecule has 0 saturated carbocycles. The summed E-state index contributed by atoms with van der Waals surface area (Å²) < 4.78 is 2.32. The van der Waals surface area contributed by atoms with Gasteiger partial charge in [0, 0.05) is 17.5 Å². The largest absolute Gasteiger partial charge is 0.303 e. The fourth-order valence-corrected chi connectivity index (χ4v) is 1.93. The Morgan fingerprint density at radius 2 is 1.88 bits per heavy atom. The van der Waals surface area contributed by atoms with Gasteiger partial charge in [-0.1, -0.05) is 12.1 Å². The molecule has 2 rings (SSSR count). The zero-order chi connectivity index (χ0) is 11.5. The normalized spacial score (nSPS) is 11.2. The van der Waals surface area contributed by atoms with Crippen molar-refractivity contribution >= 4 is 10.9 Å². The van der Waals surface area contributed by atoms with E-state index in [0.29, 0.717) is 0 Å². The summed E-state index contributed by atoms with van der Waals surface area (Å²) in [5.74, 6) is 0. The van der Waals surface area contributed by atoms with Gasteiger partial charge in [0.15, 0.2) is 12.7 Å². The molecule has 0 saturated heterocycles. The lowest BCUT2D eigenvalue weighted by Crippen LogP contribution is -2.39. The highest BCUT2D eigenvalue weighted by Crippen LogP contribution is 2.13. The Kier molecular flexibility index (Phi) is 3.20. The monoisotopic (exact) mass is 215 g/mol. The van der Waals surface area contributed by atoms with Crippen LogP contribution in [0.1, 0.15) is 5.56 Å². The molecule has 0 unspecified atom stereocenters. The van der Waals surface area contributed by atoms with Crippen molar-refractivity contribution in [3.05, 3.63) is 42.1 Å². The Hall–Kier alpha value is -1.41. The number of hydrogen-bond donors (Lipinski definition) is 0. The van der Waals surface area contributed by atoms with E-state index in [1.807, 2.05) is 0 Å². The first-order valence-electron chi connectivity index (χ1n) is 5.71. The van der Waals surface area contributed by atoms with Crippen LogP contribution in [0.3, 0.4) is 0 Å². The third-order valence-electron chi connectivity index (χ3n) is 2.93. The number of benzene rings is 1. The first-order chi connectivity index (χ1) is 7.68. The smallest absolute Gasteiger partial charge is 0.212 e. The van der Waals surface area contributed by atoms with E-state index in [4.69, 9.17) is 0 Å². The molecule has 0 spiro atoms. The van der Waals surface area contributed by atoms with Crippen LogP contribution in [0.5, 0.6) is 0 Å². The first kappa shape index (κ1) is 11.1. The van der Waals surface area contributed by atoms with E-state index in [9.17, 15) is 0 Å². The van der Waals surface area contributed by atoms with Crippen LogP contribution in [-0.4, -0.2) is 25.5 Å². The number of nitrogens with zero attached hydrogens (tertiary/aromatic N) is 2. The zero-order valence-corrected chi connectivity index (χ0v) is 10.3. The molecule has 0 aliphatic heterocycles. The average Bonchev–Trinajstić information content (AvgIpc) is 2.28. The molecular weight excluding hydrogens is 196 g/mol. The van der Waals surface area contributed by atoms with E-state index in [-0.39, 0.29) is 0 Å². The highest BCUT2D eigenvalue weighted by molar-refractivity contribution is 5.78. The maximum absolute atomic E-state index is 2.32. The Morgan fingerprint density at radius 1 is 1.12 bits per heavy atom. The highest BCUT2D eigenvalue weighted by atomic mass is 15.1. The number of pyridine rings is 1. The van der Waals surface area contributed by atoms with Crippen LogP contribution in [-0.2, 0) is 6.54 Å². The van der Waals surface area contributed by atoms with Gasteiger partial charge >= 0.3 is 0 Å². The minimum Gasteiger partial charge on any atom is -0.303 e. The molecule has 16 heavy (non-hydrogen) atoms. The van der Waals surface area contributed by atoms with Crippen LogP contribution in [0.25, 0.3) is 10.9 Å². The Bertz CT molecular complexity index is 489. The SMILES string of the molecule is Cc1cc[n+](CCN(C)C)c2ccccc12. The van der Waals surface area contributed by atoms with Crippen LogP contribution < -0.4 is 4.57 Å². The summed E-state index contributed by atoms with van der Waals surface area (Å²) in [6.45, 7) is 4.27. The van der Waals surface area contributed by atoms with E-state index in [0.717, 1.165) is 13.1 Å². The molecule has 0 N–H and O–H groups in total. The lowest BCUT2D eigenvalue weighted by atomic mass is 10.1. The molecule has 2 aromatic rings. The van der Waals surface area contributed by atoms with Crippen molar-refractivity contribution in [3.63, 3.8) is 0 Å². The van der Waals surface area contributed by atoms with Gasteiger partial charge in [-0.05, 0) is 32.6 Å². The second kappa shape index (κ2) is 4.62. The van der Waals surface area contributed by atoms with E-state index in [1.54, 1.807) is 0 Å². The molecule has 1 aromatic heterocycles. The van der Waals surface area contributed by atoms with Crippen LogP contribution in [0, 0.1) is 6.92 Å². The summed E-state index contributed by atoms with van der Waals surface area (Å²) in [7, 11) is 4.22. The second-order valence-corrected chi connectivity index (χ2v) is 4.51. The fourth-order valence-electron chi connectivity index (χ4n) is 1.93. The molecule has 1 heterocycles. The average molecular weight is 215 g/mol. The Balaban J connectivity index is 2.42. The van der Waals surface area contributed by atoms with Gasteiger partial charge in [0.25, 0.3) is 0 Å². The predicted octanol–water partition coefficient (Wildman–Crippen LogP) is 2.00. The third-order valence-corrected chi connectivity index (χ3v) is 2.93. The van der Waals surface area contributed by atoms with Gasteiger partial charge in [0.2, 0.25) is 5.52 Å². The van der Waals surface area contributed by atoms with E-state index < -0.39 is 0 Å². The summed E-state index contributed by atoms with van der Waals surface area (Å²) in [5.41, 5.74) is 2.67. The summed E-state index contributed by atoms with van der Waals surface area (Å²) in [6.07, 6.45) is 2.18. The summed E-state index contributed by atoms with van der Waals surface area (Å²) in [6, 6.07) is 10.8. The number of aryl methyl sites for hydroxylation is 1. The fraction of sp³-hybridized carbons (Fsp3) is 0.357. The number of hydrogen-bond acceptors (Lipinski definition) is 1. The molecule has 1 aromatic carbocycles. The van der Waals surface area contributed by atoms with Crippen LogP contribution in [0.4, 0.5) is 0 Å². The quantitative estimate of drug-likeness (QED) is 0.710. The Labute approximate surface area is 97.1 Å². The second-order valence-electron chi connectivity index (χ2n) is 4.51. The lowest BCUT2D eigenvalue weighted by molar-refractivity contribution is -0.670. The summed E-state index contributed by atoms with van der Waals surface area (Å²) in [4.78, 5) is 2.21. The molecule has 84 valence electrons. The molecule has 0 amide bonds. The molecule has 0 radical (unpaired) electrons. The van der Waals surface area contributed by atoms with Crippen molar-refractivity contribution in [2.45, 2.75) is 13.5 Å². The molecule has 2 heteroatoms. The van der Waals surface area contributed by atoms with Gasteiger partial charge in [-0.3, -0.25) is 0 Å². The highest BCUT2D eigenvalue weighted by Gasteiger charge is 2.09. The minimum atomic E-state index is 1.04. The molecule has 0 aliphatic rings. The minimum absolute atomic E-state index is 1.04. The van der Waals surface area contributed by atoms with E-state index in [1.165, 1.54) is 16.5 Å². The van der Waals surface area contributed by atoms with Gasteiger partial charge < -0.3 is 4.90 Å². The summed E-state index contributed by atoms with van der Waals surface area (Å²) >= 11 is 0. The van der Waals surface area contributed by atoms with Gasteiger partial charge in [-0.2, -0.15) is 4.57 Å². The van der Waals surface area contributed by atoms with Gasteiger partial charge in [-0.15, -0.1) is 0 Å².